The van der Waals surface area contributed by atoms with E-state index in [9.17, 15) is 0 Å². The van der Waals surface area contributed by atoms with Gasteiger partial charge in [-0.05, 0) is 12.1 Å². The summed E-state index contributed by atoms with van der Waals surface area (Å²) in [5, 5.41) is 20.9. The Morgan fingerprint density at radius 3 is 1.03 bits per heavy atom. The maximum absolute atomic E-state index is 9.01. The number of para-hydroxylation sites is 2. The first-order chi connectivity index (χ1) is 16.9. The summed E-state index contributed by atoms with van der Waals surface area (Å²) < 4.78 is 0. The Bertz CT molecular complexity index is 1140. The minimum absolute atomic E-state index is 0. The standard InChI is InChI=1S/2C9H13.2C7H6OS.Zr/c2*1-6-5-7(2)9(4)8(6)3;2*8-7-4-2-1-3-6(7)5-9;/h2*5H,1-4H3;2*1-5,8H;/q2*-1;;;+2. The second-order valence-electron chi connectivity index (χ2n) is 8.87. The molecule has 4 rings (SSSR count). The molecule has 2 nitrogen and oxygen atoms in total. The van der Waals surface area contributed by atoms with Crippen molar-refractivity contribution in [3.63, 3.8) is 0 Å². The summed E-state index contributed by atoms with van der Waals surface area (Å²) >= 11 is 9.24. The molecule has 4 aromatic rings. The molecule has 0 amide bonds. The van der Waals surface area contributed by atoms with Crippen LogP contribution in [0.15, 0.2) is 60.7 Å². The monoisotopic (exact) mass is 608 g/mol. The van der Waals surface area contributed by atoms with Crippen LogP contribution in [0.5, 0.6) is 11.5 Å². The zero-order valence-electron chi connectivity index (χ0n) is 23.1. The molecule has 0 fully saturated rings. The molecule has 0 aromatic heterocycles. The van der Waals surface area contributed by atoms with Gasteiger partial charge in [0.15, 0.2) is 0 Å². The number of benzene rings is 2. The molecule has 0 aliphatic rings. The van der Waals surface area contributed by atoms with Crippen LogP contribution < -0.4 is 0 Å². The maximum Gasteiger partial charge on any atom is 2.00 e. The molecule has 0 radical (unpaired) electrons. The molecule has 0 atom stereocenters. The third-order valence-electron chi connectivity index (χ3n) is 6.48. The molecular weight excluding hydrogens is 572 g/mol. The smallest absolute Gasteiger partial charge is 0.507 e. The van der Waals surface area contributed by atoms with Crippen molar-refractivity contribution in [2.24, 2.45) is 0 Å². The second kappa shape index (κ2) is 17.3. The quantitative estimate of drug-likeness (QED) is 0.176. The molecule has 194 valence electrons. The van der Waals surface area contributed by atoms with Gasteiger partial charge in [-0.25, -0.2) is 0 Å². The third kappa shape index (κ3) is 11.0. The van der Waals surface area contributed by atoms with E-state index < -0.39 is 0 Å². The summed E-state index contributed by atoms with van der Waals surface area (Å²) in [6, 6.07) is 18.4. The summed E-state index contributed by atoms with van der Waals surface area (Å²) in [7, 11) is 0. The topological polar surface area (TPSA) is 40.5 Å². The van der Waals surface area contributed by atoms with Crippen molar-refractivity contribution in [3.05, 3.63) is 116 Å². The molecule has 0 saturated carbocycles. The van der Waals surface area contributed by atoms with Gasteiger partial charge in [0.25, 0.3) is 0 Å². The van der Waals surface area contributed by atoms with Gasteiger partial charge in [0.05, 0.1) is 0 Å². The molecule has 0 spiro atoms. The fourth-order valence-electron chi connectivity index (χ4n) is 3.44. The Balaban J connectivity index is 0.000000463. The van der Waals surface area contributed by atoms with Crippen LogP contribution in [-0.2, 0) is 26.2 Å². The van der Waals surface area contributed by atoms with E-state index in [1.807, 2.05) is 12.1 Å². The molecule has 0 aliphatic heterocycles. The van der Waals surface area contributed by atoms with Gasteiger partial charge in [-0.3, -0.25) is 0 Å². The van der Waals surface area contributed by atoms with Crippen molar-refractivity contribution in [3.8, 4) is 11.5 Å². The molecule has 4 aromatic carbocycles. The Kier molecular flexibility index (Phi) is 16.3. The summed E-state index contributed by atoms with van der Waals surface area (Å²) in [6.45, 7) is 17.4. The van der Waals surface area contributed by atoms with Gasteiger partial charge >= 0.3 is 26.2 Å². The number of aromatic hydroxyl groups is 2. The van der Waals surface area contributed by atoms with Crippen molar-refractivity contribution in [1.29, 1.82) is 0 Å². The third-order valence-corrected chi connectivity index (χ3v) is 6.99. The van der Waals surface area contributed by atoms with Gasteiger partial charge in [-0.15, -0.1) is 0 Å². The summed E-state index contributed by atoms with van der Waals surface area (Å²) in [5.41, 5.74) is 12.9. The Morgan fingerprint density at radius 1 is 0.595 bits per heavy atom. The molecule has 0 saturated heterocycles. The predicted molar refractivity (Wildman–Crippen MR) is 164 cm³/mol. The second-order valence-corrected chi connectivity index (χ2v) is 9.35. The van der Waals surface area contributed by atoms with Crippen LogP contribution in [0.2, 0.25) is 0 Å². The van der Waals surface area contributed by atoms with Crippen LogP contribution in [0.1, 0.15) is 55.6 Å². The van der Waals surface area contributed by atoms with Gasteiger partial charge in [0, 0.05) is 21.9 Å². The van der Waals surface area contributed by atoms with Gasteiger partial charge in [-0.1, -0.05) is 116 Å². The van der Waals surface area contributed by atoms with Crippen molar-refractivity contribution < 1.29 is 36.4 Å². The van der Waals surface area contributed by atoms with E-state index in [0.29, 0.717) is 11.1 Å². The number of hydrogen-bond acceptors (Lipinski definition) is 4. The van der Waals surface area contributed by atoms with Gasteiger partial charge in [-0.2, -0.15) is 56.6 Å². The summed E-state index contributed by atoms with van der Waals surface area (Å²) in [4.78, 5) is 0. The van der Waals surface area contributed by atoms with E-state index in [4.69, 9.17) is 10.2 Å². The van der Waals surface area contributed by atoms with Gasteiger partial charge < -0.3 is 10.2 Å². The molecule has 2 N–H and O–H groups in total. The van der Waals surface area contributed by atoms with E-state index in [2.05, 4.69) is 92.0 Å². The molecular formula is C32H38O2S2Zr. The van der Waals surface area contributed by atoms with E-state index in [-0.39, 0.29) is 37.7 Å². The zero-order valence-corrected chi connectivity index (χ0v) is 27.2. The van der Waals surface area contributed by atoms with E-state index in [0.717, 1.165) is 0 Å². The largest absolute Gasteiger partial charge is 2.00 e. The predicted octanol–water partition coefficient (Wildman–Crippen LogP) is 8.76. The Morgan fingerprint density at radius 2 is 0.892 bits per heavy atom. The van der Waals surface area contributed by atoms with Crippen LogP contribution in [0.3, 0.4) is 0 Å². The van der Waals surface area contributed by atoms with Crippen LogP contribution in [0, 0.1) is 55.4 Å². The SMILES string of the molecule is Cc1c[c-](C)c(C)c1C.Cc1c[c-](C)c(C)c1C.Oc1ccccc1C=S.Oc1ccccc1C=S.[Zr+2]. The van der Waals surface area contributed by atoms with Crippen molar-refractivity contribution >= 4 is 35.2 Å². The first-order valence-electron chi connectivity index (χ1n) is 11.8. The van der Waals surface area contributed by atoms with E-state index >= 15 is 0 Å². The van der Waals surface area contributed by atoms with Crippen molar-refractivity contribution in [2.75, 3.05) is 0 Å². The molecule has 37 heavy (non-hydrogen) atoms. The van der Waals surface area contributed by atoms with Gasteiger partial charge in [0.2, 0.25) is 0 Å². The minimum Gasteiger partial charge on any atom is -0.507 e. The van der Waals surface area contributed by atoms with Crippen LogP contribution in [0.25, 0.3) is 0 Å². The fraction of sp³-hybridized carbons (Fsp3) is 0.250. The minimum atomic E-state index is 0. The number of phenols is 2. The van der Waals surface area contributed by atoms with Crippen LogP contribution in [0.4, 0.5) is 0 Å². The normalized spacial score (nSPS) is 9.30. The first kappa shape index (κ1) is 34.8. The number of rotatable bonds is 2. The molecule has 0 aliphatic carbocycles. The van der Waals surface area contributed by atoms with Gasteiger partial charge in [0.1, 0.15) is 11.5 Å². The molecule has 0 bridgehead atoms. The Labute approximate surface area is 253 Å². The average Bonchev–Trinajstić information content (AvgIpc) is 3.22. The number of hydrogen-bond donors (Lipinski definition) is 2. The zero-order chi connectivity index (χ0) is 27.4. The first-order valence-corrected chi connectivity index (χ1v) is 12.7. The van der Waals surface area contributed by atoms with E-state index in [1.54, 1.807) is 36.4 Å². The Hall–Kier alpha value is -2.20. The maximum atomic E-state index is 9.01. The molecule has 5 heteroatoms. The summed E-state index contributed by atoms with van der Waals surface area (Å²) in [6.07, 6.45) is 0. The van der Waals surface area contributed by atoms with Crippen LogP contribution in [-0.4, -0.2) is 20.9 Å². The summed E-state index contributed by atoms with van der Waals surface area (Å²) in [5.74, 6) is 0.486. The van der Waals surface area contributed by atoms with Crippen molar-refractivity contribution in [2.45, 2.75) is 55.4 Å². The number of thiocarbonyl (C=S) groups is 2. The number of aryl methyl sites for hydroxylation is 4. The molecule has 0 heterocycles. The average molecular weight is 610 g/mol. The van der Waals surface area contributed by atoms with Crippen molar-refractivity contribution in [1.82, 2.24) is 0 Å². The van der Waals surface area contributed by atoms with Crippen LogP contribution >= 0.6 is 24.4 Å². The molecule has 0 unspecified atom stereocenters. The number of phenolic OH excluding ortho intramolecular Hbond substituents is 2. The van der Waals surface area contributed by atoms with E-state index in [1.165, 1.54) is 55.2 Å². The fourth-order valence-corrected chi connectivity index (χ4v) is 3.84.